The molecule has 190 valence electrons. The smallest absolute Gasteiger partial charge is 1.00 e. The number of hydrogen-bond acceptors (Lipinski definition) is 0. The van der Waals surface area contributed by atoms with Crippen molar-refractivity contribution in [2.45, 2.75) is 46.1 Å². The van der Waals surface area contributed by atoms with Gasteiger partial charge < -0.3 is 24.8 Å². The quantitative estimate of drug-likeness (QED) is 0.302. The number of benzene rings is 3. The molecule has 0 aromatic heterocycles. The minimum absolute atomic E-state index is 0. The number of rotatable bonds is 5. The Balaban J connectivity index is 0.000000275. The molecule has 0 nitrogen and oxygen atoms in total. The zero-order valence-electron chi connectivity index (χ0n) is 21.9. The van der Waals surface area contributed by atoms with Gasteiger partial charge in [-0.3, -0.25) is 0 Å². The van der Waals surface area contributed by atoms with Crippen LogP contribution in [0.15, 0.2) is 103 Å². The van der Waals surface area contributed by atoms with Gasteiger partial charge in [0.15, 0.2) is 0 Å². The van der Waals surface area contributed by atoms with Gasteiger partial charge in [0.25, 0.3) is 0 Å². The van der Waals surface area contributed by atoms with Crippen molar-refractivity contribution in [2.75, 3.05) is 0 Å². The Hall–Kier alpha value is -1.70. The Bertz CT molecular complexity index is 1170. The van der Waals surface area contributed by atoms with Gasteiger partial charge in [-0.2, -0.15) is 35.5 Å². The first kappa shape index (κ1) is 33.3. The van der Waals surface area contributed by atoms with Crippen LogP contribution in [-0.4, -0.2) is 5.43 Å². The Morgan fingerprint density at radius 3 is 1.46 bits per heavy atom. The van der Waals surface area contributed by atoms with Gasteiger partial charge in [-0.15, -0.1) is 47.5 Å². The van der Waals surface area contributed by atoms with Gasteiger partial charge in [0.2, 0.25) is 0 Å². The van der Waals surface area contributed by atoms with Crippen LogP contribution in [0.25, 0.3) is 11.1 Å². The Labute approximate surface area is 251 Å². The van der Waals surface area contributed by atoms with Crippen molar-refractivity contribution in [3.63, 3.8) is 0 Å². The van der Waals surface area contributed by atoms with Crippen molar-refractivity contribution in [3.8, 4) is 0 Å². The van der Waals surface area contributed by atoms with Gasteiger partial charge in [-0.05, 0) is 12.8 Å². The van der Waals surface area contributed by atoms with Crippen LogP contribution in [-0.2, 0) is 36.2 Å². The van der Waals surface area contributed by atoms with Crippen LogP contribution < -0.4 is 30.0 Å². The number of allylic oxidation sites excluding steroid dienone is 8. The fraction of sp³-hybridized carbons (Fsp3) is 0.212. The molecular formula is C33H34Cl2SiZr-2. The van der Waals surface area contributed by atoms with Gasteiger partial charge >= 0.3 is 70.8 Å². The molecule has 0 radical (unpaired) electrons. The monoisotopic (exact) mass is 618 g/mol. The maximum absolute atomic E-state index is 3.33. The second-order valence-corrected chi connectivity index (χ2v) is 15.9. The molecule has 0 heterocycles. The molecule has 3 aromatic rings. The summed E-state index contributed by atoms with van der Waals surface area (Å²) in [5.74, 6) is 0. The zero-order valence-corrected chi connectivity index (χ0v) is 26.9. The number of hydrogen-bond donors (Lipinski definition) is 0. The molecule has 0 saturated heterocycles. The van der Waals surface area contributed by atoms with E-state index in [9.17, 15) is 0 Å². The molecule has 4 heteroatoms. The molecule has 0 aliphatic heterocycles. The summed E-state index contributed by atoms with van der Waals surface area (Å²) in [5.41, 5.74) is 7.76. The molecule has 0 amide bonds. The van der Waals surface area contributed by atoms with E-state index in [1.807, 2.05) is 0 Å². The van der Waals surface area contributed by atoms with E-state index in [1.54, 1.807) is 28.5 Å². The van der Waals surface area contributed by atoms with E-state index in [4.69, 9.17) is 0 Å². The SMILES string of the molecule is CCc1cccc(C2=[C-]CC=C2)c1.CCc1cccc(C2=[C-]CC=C2)c1.C[Si](=[Zr+2])c1ccccc1.[Cl-].[Cl-]. The fourth-order valence-corrected chi connectivity index (χ4v) is 5.73. The van der Waals surface area contributed by atoms with Crippen LogP contribution in [0.2, 0.25) is 6.55 Å². The van der Waals surface area contributed by atoms with E-state index >= 15 is 0 Å². The van der Waals surface area contributed by atoms with Gasteiger partial charge in [-0.25, -0.2) is 0 Å². The largest absolute Gasteiger partial charge is 1.00 e. The van der Waals surface area contributed by atoms with Crippen LogP contribution >= 0.6 is 0 Å². The summed E-state index contributed by atoms with van der Waals surface area (Å²) in [4.78, 5) is 0. The average Bonchev–Trinajstić information content (AvgIpc) is 3.65. The summed E-state index contributed by atoms with van der Waals surface area (Å²) in [7, 11) is 0. The standard InChI is InChI=1S/2C13H13.C7H8Si.2ClH.Zr/c2*1-2-11-6-5-9-13(10-11)12-7-3-4-8-12;1-8-7-5-3-2-4-6-7;;;/h2*3,5-7,9-10H,2,4H2,1H3;2-6H,1H3;2*1H;/q2*-1;;;;+2/p-2. The van der Waals surface area contributed by atoms with E-state index in [0.717, 1.165) is 25.7 Å². The van der Waals surface area contributed by atoms with Crippen molar-refractivity contribution < 1.29 is 48.1 Å². The Kier molecular flexibility index (Phi) is 16.7. The molecule has 0 spiro atoms. The maximum atomic E-state index is 3.33. The molecule has 0 N–H and O–H groups in total. The van der Waals surface area contributed by atoms with Crippen molar-refractivity contribution in [1.82, 2.24) is 0 Å². The number of aryl methyl sites for hydroxylation is 2. The van der Waals surface area contributed by atoms with Crippen LogP contribution in [0.4, 0.5) is 0 Å². The summed E-state index contributed by atoms with van der Waals surface area (Å²) in [5, 5.41) is 1.56. The normalized spacial score (nSPS) is 12.6. The van der Waals surface area contributed by atoms with E-state index in [-0.39, 0.29) is 30.2 Å². The molecule has 0 atom stereocenters. The second kappa shape index (κ2) is 18.5. The first-order valence-electron chi connectivity index (χ1n) is 12.4. The van der Waals surface area contributed by atoms with E-state index < -0.39 is 0 Å². The summed E-state index contributed by atoms with van der Waals surface area (Å²) in [6.07, 6.45) is 19.4. The van der Waals surface area contributed by atoms with Crippen LogP contribution in [0.1, 0.15) is 48.9 Å². The van der Waals surface area contributed by atoms with Gasteiger partial charge in [-0.1, -0.05) is 62.1 Å². The molecule has 2 aliphatic rings. The van der Waals surface area contributed by atoms with Gasteiger partial charge in [0.1, 0.15) is 0 Å². The third-order valence-corrected chi connectivity index (χ3v) is 9.22. The van der Waals surface area contributed by atoms with Crippen molar-refractivity contribution in [2.24, 2.45) is 0 Å². The van der Waals surface area contributed by atoms with Crippen LogP contribution in [0, 0.1) is 12.2 Å². The topological polar surface area (TPSA) is 0 Å². The Morgan fingerprint density at radius 2 is 1.14 bits per heavy atom. The minimum atomic E-state index is -0.122. The fourth-order valence-electron chi connectivity index (χ4n) is 3.81. The van der Waals surface area contributed by atoms with Crippen molar-refractivity contribution in [1.29, 1.82) is 0 Å². The second-order valence-electron chi connectivity index (χ2n) is 8.49. The predicted octanol–water partition coefficient (Wildman–Crippen LogP) is 1.86. The molecule has 3 aromatic carbocycles. The van der Waals surface area contributed by atoms with Crippen molar-refractivity contribution in [3.05, 3.63) is 138 Å². The van der Waals surface area contributed by atoms with Crippen LogP contribution in [0.3, 0.4) is 0 Å². The molecule has 5 rings (SSSR count). The summed E-state index contributed by atoms with van der Waals surface area (Å²) >= 11 is 1.69. The molecule has 0 bridgehead atoms. The van der Waals surface area contributed by atoms with Gasteiger partial charge in [0.05, 0.1) is 0 Å². The molecule has 0 saturated carbocycles. The molecule has 0 unspecified atom stereocenters. The maximum Gasteiger partial charge on any atom is -1.00 e. The summed E-state index contributed by atoms with van der Waals surface area (Å²) < 4.78 is 0. The summed E-state index contributed by atoms with van der Waals surface area (Å²) in [6.45, 7) is 6.71. The predicted molar refractivity (Wildman–Crippen MR) is 150 cm³/mol. The first-order chi connectivity index (χ1) is 17.1. The Morgan fingerprint density at radius 1 is 0.676 bits per heavy atom. The van der Waals surface area contributed by atoms with Crippen molar-refractivity contribution >= 4 is 21.8 Å². The first-order valence-corrected chi connectivity index (χ1v) is 18.1. The third kappa shape index (κ3) is 11.3. The molecular weight excluding hydrogens is 587 g/mol. The zero-order chi connectivity index (χ0) is 24.9. The number of halogens is 2. The molecule has 37 heavy (non-hydrogen) atoms. The minimum Gasteiger partial charge on any atom is -1.00 e. The van der Waals surface area contributed by atoms with E-state index in [2.05, 4.69) is 136 Å². The summed E-state index contributed by atoms with van der Waals surface area (Å²) in [6, 6.07) is 28.1. The van der Waals surface area contributed by atoms with Gasteiger partial charge in [0, 0.05) is 0 Å². The molecule has 2 aliphatic carbocycles. The van der Waals surface area contributed by atoms with E-state index in [1.165, 1.54) is 33.4 Å². The van der Waals surface area contributed by atoms with E-state index in [0.29, 0.717) is 0 Å². The average molecular weight is 621 g/mol. The third-order valence-electron chi connectivity index (χ3n) is 5.89. The molecule has 0 fully saturated rings. The van der Waals surface area contributed by atoms with Crippen LogP contribution in [0.5, 0.6) is 0 Å².